The zero-order chi connectivity index (χ0) is 7.07. The molecule has 0 fully saturated rings. The second-order valence-corrected chi connectivity index (χ2v) is 1.59. The quantitative estimate of drug-likeness (QED) is 0.203. The van der Waals surface area contributed by atoms with Gasteiger partial charge in [-0.3, -0.25) is 0 Å². The predicted molar refractivity (Wildman–Crippen MR) is 24.6 cm³/mol. The lowest BCUT2D eigenvalue weighted by Gasteiger charge is -2.20. The standard InChI is InChI=1S/C4H3NO4/c6-3-1-2-4(7)5(3,8)9/h1-2,8H. The lowest BCUT2D eigenvalue weighted by atomic mass is 10.6. The zero-order valence-electron chi connectivity index (χ0n) is 4.27. The maximum atomic E-state index is 10.3. The highest BCUT2D eigenvalue weighted by Gasteiger charge is 2.37. The summed E-state index contributed by atoms with van der Waals surface area (Å²) in [4.78, 5) is 18.0. The molecule has 0 spiro atoms. The van der Waals surface area contributed by atoms with Crippen molar-refractivity contribution in [3.63, 3.8) is 0 Å². The molecule has 2 amide bonds. The Morgan fingerprint density at radius 1 is 1.33 bits per heavy atom. The largest absolute Gasteiger partial charge is 0.583 e. The van der Waals surface area contributed by atoms with E-state index in [0.29, 0.717) is 0 Å². The second-order valence-electron chi connectivity index (χ2n) is 1.59. The van der Waals surface area contributed by atoms with E-state index in [4.69, 9.17) is 5.21 Å². The van der Waals surface area contributed by atoms with Crippen molar-refractivity contribution < 1.29 is 19.6 Å². The van der Waals surface area contributed by atoms with Gasteiger partial charge >= 0.3 is 11.8 Å². The van der Waals surface area contributed by atoms with E-state index in [0.717, 1.165) is 12.2 Å². The Hall–Kier alpha value is -1.04. The molecule has 0 atom stereocenters. The fourth-order valence-electron chi connectivity index (χ4n) is 0.453. The van der Waals surface area contributed by atoms with Crippen LogP contribution in [0.25, 0.3) is 0 Å². The van der Waals surface area contributed by atoms with Gasteiger partial charge in [0, 0.05) is 0 Å². The molecule has 9 heavy (non-hydrogen) atoms. The Morgan fingerprint density at radius 2 is 1.67 bits per heavy atom. The fraction of sp³-hybridized carbons (Fsp3) is 0. The van der Waals surface area contributed by atoms with Gasteiger partial charge in [-0.05, 0) is 0 Å². The number of hydrogen-bond acceptors (Lipinski definition) is 4. The molecule has 0 aromatic heterocycles. The summed E-state index contributed by atoms with van der Waals surface area (Å²) < 4.78 is 0. The summed E-state index contributed by atoms with van der Waals surface area (Å²) in [7, 11) is 0. The number of hydroxylamine groups is 4. The van der Waals surface area contributed by atoms with Crippen LogP contribution in [0.3, 0.4) is 0 Å². The molecular weight excluding hydrogens is 126 g/mol. The average Bonchev–Trinajstić information content (AvgIpc) is 1.96. The Kier molecular flexibility index (Phi) is 0.995. The third kappa shape index (κ3) is 0.672. The van der Waals surface area contributed by atoms with Gasteiger partial charge in [-0.15, -0.1) is 0 Å². The third-order valence-corrected chi connectivity index (χ3v) is 0.966. The van der Waals surface area contributed by atoms with Crippen LogP contribution < -0.4 is 0 Å². The number of rotatable bonds is 0. The molecule has 0 aromatic carbocycles. The van der Waals surface area contributed by atoms with Crippen molar-refractivity contribution in [2.24, 2.45) is 0 Å². The molecule has 1 aliphatic heterocycles. The summed E-state index contributed by atoms with van der Waals surface area (Å²) in [6.07, 6.45) is 1.49. The smallest absolute Gasteiger partial charge is 0.379 e. The molecule has 5 heteroatoms. The minimum absolute atomic E-state index is 0.745. The number of carbonyl (C=O) groups excluding carboxylic acids is 2. The molecule has 0 aliphatic carbocycles. The van der Waals surface area contributed by atoms with Gasteiger partial charge in [0.05, 0.1) is 12.2 Å². The van der Waals surface area contributed by atoms with Crippen LogP contribution in [0.4, 0.5) is 0 Å². The zero-order valence-corrected chi connectivity index (χ0v) is 4.27. The molecule has 1 heterocycles. The monoisotopic (exact) mass is 129 g/mol. The molecule has 0 bridgehead atoms. The van der Waals surface area contributed by atoms with Crippen molar-refractivity contribution in [2.45, 2.75) is 0 Å². The topological polar surface area (TPSA) is 77.4 Å². The highest BCUT2D eigenvalue weighted by molar-refractivity contribution is 6.03. The molecule has 0 radical (unpaired) electrons. The van der Waals surface area contributed by atoms with Crippen LogP contribution in [0.1, 0.15) is 0 Å². The van der Waals surface area contributed by atoms with Crippen molar-refractivity contribution in [3.8, 4) is 0 Å². The molecule has 0 aromatic rings. The normalized spacial score (nSPS) is 23.3. The lowest BCUT2D eigenvalue weighted by Crippen LogP contribution is -2.43. The number of imide groups is 1. The minimum Gasteiger partial charge on any atom is -0.583 e. The Bertz CT molecular complexity index is 185. The van der Waals surface area contributed by atoms with Gasteiger partial charge in [-0.25, -0.2) is 9.59 Å². The van der Waals surface area contributed by atoms with Crippen molar-refractivity contribution in [1.29, 1.82) is 0 Å². The van der Waals surface area contributed by atoms with Crippen LogP contribution in [0.5, 0.6) is 0 Å². The van der Waals surface area contributed by atoms with Crippen LogP contribution in [-0.4, -0.2) is 21.8 Å². The Labute approximate surface area is 49.9 Å². The first-order chi connectivity index (χ1) is 4.05. The van der Waals surface area contributed by atoms with Crippen molar-refractivity contribution >= 4 is 11.8 Å². The van der Waals surface area contributed by atoms with E-state index in [-0.39, 0.29) is 0 Å². The second kappa shape index (κ2) is 1.47. The van der Waals surface area contributed by atoms with Crippen LogP contribution in [-0.2, 0) is 9.59 Å². The van der Waals surface area contributed by atoms with Gasteiger partial charge in [0.15, 0.2) is 0 Å². The van der Waals surface area contributed by atoms with Crippen LogP contribution in [0.15, 0.2) is 12.2 Å². The lowest BCUT2D eigenvalue weighted by molar-refractivity contribution is -0.927. The van der Waals surface area contributed by atoms with E-state index in [1.165, 1.54) is 0 Å². The first-order valence-electron chi connectivity index (χ1n) is 2.15. The number of carbonyl (C=O) groups is 2. The SMILES string of the molecule is O=C1C=CC(=O)[N+]1([O-])O. The molecule has 1 N–H and O–H groups in total. The van der Waals surface area contributed by atoms with Gasteiger partial charge in [-0.2, -0.15) is 5.21 Å². The molecular formula is C4H3NO4. The first-order valence-corrected chi connectivity index (χ1v) is 2.15. The number of nitrogens with zero attached hydrogens (tertiary/aromatic N) is 1. The average molecular weight is 129 g/mol. The maximum absolute atomic E-state index is 10.3. The molecule has 1 rings (SSSR count). The van der Waals surface area contributed by atoms with E-state index in [2.05, 4.69) is 0 Å². The van der Waals surface area contributed by atoms with Crippen molar-refractivity contribution in [2.75, 3.05) is 0 Å². The minimum atomic E-state index is -2.42. The molecule has 1 aliphatic rings. The Balaban J connectivity index is 3.02. The molecule has 5 nitrogen and oxygen atoms in total. The van der Waals surface area contributed by atoms with Crippen LogP contribution >= 0.6 is 0 Å². The van der Waals surface area contributed by atoms with Gasteiger partial charge in [0.2, 0.25) is 0 Å². The predicted octanol–water partition coefficient (Wildman–Crippen LogP) is -0.687. The van der Waals surface area contributed by atoms with Gasteiger partial charge in [0.1, 0.15) is 0 Å². The Morgan fingerprint density at radius 3 is 1.78 bits per heavy atom. The summed E-state index contributed by atoms with van der Waals surface area (Å²) in [5.41, 5.74) is 0. The molecule has 48 valence electrons. The van der Waals surface area contributed by atoms with E-state index in [1.54, 1.807) is 0 Å². The molecule has 0 saturated carbocycles. The fourth-order valence-corrected chi connectivity index (χ4v) is 0.453. The number of hydrogen-bond donors (Lipinski definition) is 1. The molecule has 0 saturated heterocycles. The highest BCUT2D eigenvalue weighted by Crippen LogP contribution is 2.09. The summed E-state index contributed by atoms with van der Waals surface area (Å²) in [6, 6.07) is 0. The number of amides is 2. The van der Waals surface area contributed by atoms with Gasteiger partial charge in [-0.1, -0.05) is 4.81 Å². The van der Waals surface area contributed by atoms with Crippen LogP contribution in [0.2, 0.25) is 0 Å². The van der Waals surface area contributed by atoms with E-state index in [1.807, 2.05) is 0 Å². The van der Waals surface area contributed by atoms with E-state index < -0.39 is 16.6 Å². The van der Waals surface area contributed by atoms with Crippen LogP contribution in [0, 0.1) is 5.21 Å². The van der Waals surface area contributed by atoms with Crippen molar-refractivity contribution in [1.82, 2.24) is 0 Å². The third-order valence-electron chi connectivity index (χ3n) is 0.966. The summed E-state index contributed by atoms with van der Waals surface area (Å²) in [5, 5.41) is 18.6. The van der Waals surface area contributed by atoms with Gasteiger partial charge < -0.3 is 5.21 Å². The first kappa shape index (κ1) is 6.09. The van der Waals surface area contributed by atoms with E-state index >= 15 is 0 Å². The van der Waals surface area contributed by atoms with E-state index in [9.17, 15) is 14.8 Å². The highest BCUT2D eigenvalue weighted by atomic mass is 16.9. The maximum Gasteiger partial charge on any atom is 0.379 e. The number of quaternary nitrogens is 1. The summed E-state index contributed by atoms with van der Waals surface area (Å²) >= 11 is 0. The summed E-state index contributed by atoms with van der Waals surface area (Å²) in [6.45, 7) is 0. The van der Waals surface area contributed by atoms with Gasteiger partial charge in [0.25, 0.3) is 0 Å². The summed E-state index contributed by atoms with van der Waals surface area (Å²) in [5.74, 6) is -2.31. The van der Waals surface area contributed by atoms with Crippen molar-refractivity contribution in [3.05, 3.63) is 17.4 Å². The molecule has 0 unspecified atom stereocenters.